The number of pyridine rings is 1. The monoisotopic (exact) mass is 419 g/mol. The Kier molecular flexibility index (Phi) is 6.15. The van der Waals surface area contributed by atoms with Crippen LogP contribution in [0.1, 0.15) is 54.3 Å². The third-order valence-electron chi connectivity index (χ3n) is 6.91. The van der Waals surface area contributed by atoms with Gasteiger partial charge in [0.2, 0.25) is 0 Å². The first kappa shape index (κ1) is 21.6. The van der Waals surface area contributed by atoms with Crippen molar-refractivity contribution >= 4 is 16.9 Å². The first-order chi connectivity index (χ1) is 14.9. The smallest absolute Gasteiger partial charge is 0.307 e. The maximum atomic E-state index is 12.2. The predicted octanol–water partition coefficient (Wildman–Crippen LogP) is 4.93. The highest BCUT2D eigenvalue weighted by Crippen LogP contribution is 2.36. The zero-order chi connectivity index (χ0) is 22.1. The van der Waals surface area contributed by atoms with Gasteiger partial charge in [-0.1, -0.05) is 25.5 Å². The number of rotatable bonds is 7. The van der Waals surface area contributed by atoms with Crippen LogP contribution in [0.5, 0.6) is 0 Å². The Morgan fingerprint density at radius 2 is 2.00 bits per heavy atom. The molecule has 164 valence electrons. The van der Waals surface area contributed by atoms with Crippen molar-refractivity contribution in [1.82, 2.24) is 14.5 Å². The maximum Gasteiger partial charge on any atom is 0.307 e. The highest BCUT2D eigenvalue weighted by atomic mass is 16.4. The van der Waals surface area contributed by atoms with E-state index in [1.54, 1.807) is 6.20 Å². The van der Waals surface area contributed by atoms with E-state index in [0.29, 0.717) is 13.0 Å². The molecular weight excluding hydrogens is 386 g/mol. The molecule has 0 fully saturated rings. The van der Waals surface area contributed by atoms with Gasteiger partial charge in [-0.15, -0.1) is 0 Å². The van der Waals surface area contributed by atoms with Crippen molar-refractivity contribution in [3.05, 3.63) is 64.6 Å². The van der Waals surface area contributed by atoms with Gasteiger partial charge in [0.15, 0.2) is 0 Å². The SMILES string of the molecule is CCC(C(=O)O)C(Cn1c2c(c3cc(C)ccc31)CN(CC)CC2)c1ccnc(C)c1. The molecule has 0 bridgehead atoms. The van der Waals surface area contributed by atoms with Gasteiger partial charge in [0.1, 0.15) is 0 Å². The Hall–Kier alpha value is -2.66. The molecule has 2 atom stereocenters. The molecule has 3 aromatic rings. The molecule has 31 heavy (non-hydrogen) atoms. The van der Waals surface area contributed by atoms with E-state index in [0.717, 1.165) is 37.3 Å². The van der Waals surface area contributed by atoms with Gasteiger partial charge in [0, 0.05) is 60.5 Å². The number of carboxylic acids is 1. The Balaban J connectivity index is 1.85. The third kappa shape index (κ3) is 4.11. The highest BCUT2D eigenvalue weighted by molar-refractivity contribution is 5.86. The van der Waals surface area contributed by atoms with E-state index in [1.807, 2.05) is 19.9 Å². The number of aromatic nitrogens is 2. The van der Waals surface area contributed by atoms with Crippen LogP contribution in [0.15, 0.2) is 36.5 Å². The molecule has 2 unspecified atom stereocenters. The molecule has 0 saturated heterocycles. The second-order valence-corrected chi connectivity index (χ2v) is 8.87. The lowest BCUT2D eigenvalue weighted by molar-refractivity contribution is -0.142. The minimum absolute atomic E-state index is 0.102. The van der Waals surface area contributed by atoms with Crippen LogP contribution in [0.25, 0.3) is 10.9 Å². The molecule has 0 amide bonds. The minimum Gasteiger partial charge on any atom is -0.481 e. The normalized spacial score (nSPS) is 16.3. The van der Waals surface area contributed by atoms with Gasteiger partial charge < -0.3 is 9.67 Å². The number of hydrogen-bond donors (Lipinski definition) is 1. The van der Waals surface area contributed by atoms with Crippen LogP contribution in [0.4, 0.5) is 0 Å². The van der Waals surface area contributed by atoms with Crippen molar-refractivity contribution in [3.8, 4) is 0 Å². The van der Waals surface area contributed by atoms with E-state index < -0.39 is 11.9 Å². The number of benzene rings is 1. The van der Waals surface area contributed by atoms with E-state index >= 15 is 0 Å². The van der Waals surface area contributed by atoms with E-state index in [2.05, 4.69) is 52.6 Å². The molecule has 3 heterocycles. The van der Waals surface area contributed by atoms with Gasteiger partial charge in [-0.2, -0.15) is 0 Å². The summed E-state index contributed by atoms with van der Waals surface area (Å²) in [4.78, 5) is 19.0. The van der Waals surface area contributed by atoms with Crippen LogP contribution in [0.2, 0.25) is 0 Å². The first-order valence-electron chi connectivity index (χ1n) is 11.4. The fourth-order valence-corrected chi connectivity index (χ4v) is 5.19. The summed E-state index contributed by atoms with van der Waals surface area (Å²) in [6.07, 6.45) is 3.41. The van der Waals surface area contributed by atoms with E-state index in [-0.39, 0.29) is 5.92 Å². The molecular formula is C26H33N3O2. The minimum atomic E-state index is -0.722. The fraction of sp³-hybridized carbons (Fsp3) is 0.462. The topological polar surface area (TPSA) is 58.4 Å². The number of carboxylic acid groups (broad SMARTS) is 1. The largest absolute Gasteiger partial charge is 0.481 e. The lowest BCUT2D eigenvalue weighted by Crippen LogP contribution is -2.31. The van der Waals surface area contributed by atoms with Crippen molar-refractivity contribution in [2.45, 2.75) is 59.5 Å². The Labute approximate surface area is 184 Å². The van der Waals surface area contributed by atoms with Gasteiger partial charge in [0.05, 0.1) is 5.92 Å². The molecule has 1 aliphatic rings. The number of carbonyl (C=O) groups is 1. The Morgan fingerprint density at radius 1 is 1.19 bits per heavy atom. The molecule has 0 aliphatic carbocycles. The summed E-state index contributed by atoms with van der Waals surface area (Å²) in [5.41, 5.74) is 7.27. The number of hydrogen-bond acceptors (Lipinski definition) is 3. The van der Waals surface area contributed by atoms with Gasteiger partial charge >= 0.3 is 5.97 Å². The van der Waals surface area contributed by atoms with Crippen molar-refractivity contribution < 1.29 is 9.90 Å². The van der Waals surface area contributed by atoms with Crippen LogP contribution in [0, 0.1) is 19.8 Å². The molecule has 5 nitrogen and oxygen atoms in total. The van der Waals surface area contributed by atoms with Crippen molar-refractivity contribution in [3.63, 3.8) is 0 Å². The van der Waals surface area contributed by atoms with Crippen LogP contribution >= 0.6 is 0 Å². The zero-order valence-electron chi connectivity index (χ0n) is 19.1. The second-order valence-electron chi connectivity index (χ2n) is 8.87. The van der Waals surface area contributed by atoms with E-state index in [9.17, 15) is 9.90 Å². The molecule has 0 radical (unpaired) electrons. The first-order valence-corrected chi connectivity index (χ1v) is 11.4. The third-order valence-corrected chi connectivity index (χ3v) is 6.91. The number of fused-ring (bicyclic) bond motifs is 3. The molecule has 1 aromatic carbocycles. The summed E-state index contributed by atoms with van der Waals surface area (Å²) in [6.45, 7) is 12.0. The molecule has 0 saturated carbocycles. The highest BCUT2D eigenvalue weighted by Gasteiger charge is 2.31. The summed E-state index contributed by atoms with van der Waals surface area (Å²) in [7, 11) is 0. The summed E-state index contributed by atoms with van der Waals surface area (Å²) in [6, 6.07) is 10.7. The summed E-state index contributed by atoms with van der Waals surface area (Å²) < 4.78 is 2.42. The Morgan fingerprint density at radius 3 is 2.68 bits per heavy atom. The van der Waals surface area contributed by atoms with Gasteiger partial charge in [0.25, 0.3) is 0 Å². The lowest BCUT2D eigenvalue weighted by atomic mass is 9.84. The maximum absolute atomic E-state index is 12.2. The average Bonchev–Trinajstić information content (AvgIpc) is 3.05. The summed E-state index contributed by atoms with van der Waals surface area (Å²) >= 11 is 0. The number of aliphatic carboxylic acids is 1. The lowest BCUT2D eigenvalue weighted by Gasteiger charge is -2.29. The zero-order valence-corrected chi connectivity index (χ0v) is 19.1. The quantitative estimate of drug-likeness (QED) is 0.590. The van der Waals surface area contributed by atoms with Crippen LogP contribution in [-0.4, -0.2) is 38.6 Å². The van der Waals surface area contributed by atoms with Gasteiger partial charge in [-0.3, -0.25) is 14.7 Å². The molecule has 5 heteroatoms. The Bertz CT molecular complexity index is 1100. The number of aryl methyl sites for hydroxylation is 2. The fourth-order valence-electron chi connectivity index (χ4n) is 5.19. The van der Waals surface area contributed by atoms with Crippen LogP contribution in [-0.2, 0) is 24.3 Å². The van der Waals surface area contributed by atoms with Crippen molar-refractivity contribution in [2.24, 2.45) is 5.92 Å². The van der Waals surface area contributed by atoms with Crippen molar-refractivity contribution in [1.29, 1.82) is 0 Å². The summed E-state index contributed by atoms with van der Waals surface area (Å²) in [5.74, 6) is -1.26. The average molecular weight is 420 g/mol. The molecule has 1 N–H and O–H groups in total. The molecule has 1 aliphatic heterocycles. The number of nitrogens with zero attached hydrogens (tertiary/aromatic N) is 3. The predicted molar refractivity (Wildman–Crippen MR) is 124 cm³/mol. The van der Waals surface area contributed by atoms with E-state index in [1.165, 1.54) is 27.7 Å². The van der Waals surface area contributed by atoms with E-state index in [4.69, 9.17) is 0 Å². The molecule has 4 rings (SSSR count). The van der Waals surface area contributed by atoms with Crippen LogP contribution < -0.4 is 0 Å². The molecule has 2 aromatic heterocycles. The standard InChI is InChI=1S/C26H33N3O2/c1-5-20(26(30)31)22(19-9-11-27-18(4)14-19)16-29-24-8-7-17(3)13-21(24)23-15-28(6-2)12-10-25(23)29/h7-9,11,13-14,20,22H,5-6,10,12,15-16H2,1-4H3,(H,30,31). The number of likely N-dealkylation sites (N-methyl/N-ethyl adjacent to an activating group) is 1. The molecule has 0 spiro atoms. The van der Waals surface area contributed by atoms with Gasteiger partial charge in [-0.25, -0.2) is 0 Å². The summed E-state index contributed by atoms with van der Waals surface area (Å²) in [5, 5.41) is 11.3. The van der Waals surface area contributed by atoms with Crippen molar-refractivity contribution in [2.75, 3.05) is 13.1 Å². The van der Waals surface area contributed by atoms with Crippen LogP contribution in [0.3, 0.4) is 0 Å². The van der Waals surface area contributed by atoms with Gasteiger partial charge in [-0.05, 0) is 62.2 Å². The second kappa shape index (κ2) is 8.83.